The van der Waals surface area contributed by atoms with E-state index in [1.54, 1.807) is 0 Å². The van der Waals surface area contributed by atoms with Gasteiger partial charge in [0.2, 0.25) is 0 Å². The molecule has 0 aromatic heterocycles. The van der Waals surface area contributed by atoms with Crippen molar-refractivity contribution in [3.8, 4) is 0 Å². The summed E-state index contributed by atoms with van der Waals surface area (Å²) in [5.74, 6) is 0. The van der Waals surface area contributed by atoms with E-state index in [0.29, 0.717) is 0 Å². The Balaban J connectivity index is 0. The molecule has 0 amide bonds. The molecule has 0 heterocycles. The molecule has 0 N–H and O–H groups in total. The minimum atomic E-state index is 0. The van der Waals surface area contributed by atoms with Gasteiger partial charge in [-0.2, -0.15) is 0 Å². The summed E-state index contributed by atoms with van der Waals surface area (Å²) in [4.78, 5) is 0. The van der Waals surface area contributed by atoms with Crippen molar-refractivity contribution >= 4 is 17.4 Å². The van der Waals surface area contributed by atoms with E-state index in [1.165, 1.54) is 365 Å². The van der Waals surface area contributed by atoms with Gasteiger partial charge in [-0.3, -0.25) is 0 Å². The van der Waals surface area contributed by atoms with Crippen molar-refractivity contribution in [1.29, 1.82) is 0 Å². The summed E-state index contributed by atoms with van der Waals surface area (Å²) in [7, 11) is 0. The van der Waals surface area contributed by atoms with Gasteiger partial charge in [-0.25, -0.2) is 0 Å². The second-order valence-corrected chi connectivity index (χ2v) is 21.2. The largest absolute Gasteiger partial charge is 0.324 e. The van der Waals surface area contributed by atoms with Crippen molar-refractivity contribution < 1.29 is 4.48 Å². The molecule has 0 aliphatic heterocycles. The number of nitrogens with zero attached hydrogens (tertiary/aromatic N) is 1. The molecule has 0 atom stereocenters. The lowest BCUT2D eigenvalue weighted by Gasteiger charge is -2.40. The third-order valence-electron chi connectivity index (χ3n) is 14.9. The zero-order valence-corrected chi connectivity index (χ0v) is 44.0. The molecule has 376 valence electrons. The second kappa shape index (κ2) is 57.6. The zero-order valence-electron chi connectivity index (χ0n) is 44.0. The molecule has 2 heteroatoms. The van der Waals surface area contributed by atoms with Crippen LogP contribution in [0.15, 0.2) is 0 Å². The Morgan fingerprint density at radius 1 is 0.145 bits per heavy atom. The molecule has 0 spiro atoms. The van der Waals surface area contributed by atoms with E-state index in [1.807, 2.05) is 0 Å². The van der Waals surface area contributed by atoms with E-state index >= 15 is 0 Å². The van der Waals surface area contributed by atoms with E-state index in [4.69, 9.17) is 0 Å². The summed E-state index contributed by atoms with van der Waals surface area (Å²) in [6.45, 7) is 15.3. The average Bonchev–Trinajstić information content (AvgIpc) is 3.27. The predicted octanol–water partition coefficient (Wildman–Crippen LogP) is 20.7. The fraction of sp³-hybridized carbons (Fsp3) is 1.00. The highest BCUT2D eigenvalue weighted by Crippen LogP contribution is 2.22. The summed E-state index contributed by atoms with van der Waals surface area (Å²) in [6.07, 6.45) is 76.7. The Labute approximate surface area is 407 Å². The number of hydrogen-bond acceptors (Lipinski definition) is 0. The van der Waals surface area contributed by atoms with Crippen molar-refractivity contribution in [1.82, 2.24) is 0 Å². The first-order chi connectivity index (χ1) is 30.2. The van der Waals surface area contributed by atoms with Gasteiger partial charge >= 0.3 is 0 Å². The highest BCUT2D eigenvalue weighted by atomic mass is 27.0. The molecule has 62 heavy (non-hydrogen) atoms. The first-order valence-electron chi connectivity index (χ1n) is 30.1. The number of quaternary nitrogens is 1. The minimum Gasteiger partial charge on any atom is -0.324 e. The van der Waals surface area contributed by atoms with E-state index in [9.17, 15) is 0 Å². The molecule has 0 aromatic carbocycles. The van der Waals surface area contributed by atoms with Crippen LogP contribution in [0.25, 0.3) is 0 Å². The van der Waals surface area contributed by atoms with Crippen LogP contribution in [-0.4, -0.2) is 48.0 Å². The lowest BCUT2D eigenvalue weighted by Crippen LogP contribution is -2.50. The fourth-order valence-electron chi connectivity index (χ4n) is 10.5. The van der Waals surface area contributed by atoms with Gasteiger partial charge in [0, 0.05) is 17.4 Å². The van der Waals surface area contributed by atoms with Gasteiger partial charge in [-0.15, -0.1) is 0 Å². The predicted molar refractivity (Wildman–Crippen MR) is 294 cm³/mol. The highest BCUT2D eigenvalue weighted by Gasteiger charge is 2.25. The Hall–Kier alpha value is 0.492. The van der Waals surface area contributed by atoms with Crippen LogP contribution in [0.3, 0.4) is 0 Å². The second-order valence-electron chi connectivity index (χ2n) is 21.2. The molecule has 0 saturated heterocycles. The van der Waals surface area contributed by atoms with Crippen LogP contribution in [0.1, 0.15) is 362 Å². The number of unbranched alkanes of at least 4 members (excludes halogenated alkanes) is 48. The average molecular weight is 891 g/mol. The van der Waals surface area contributed by atoms with Gasteiger partial charge in [0.1, 0.15) is 0 Å². The van der Waals surface area contributed by atoms with Crippen LogP contribution >= 0.6 is 0 Å². The van der Waals surface area contributed by atoms with Gasteiger partial charge < -0.3 is 4.48 Å². The van der Waals surface area contributed by atoms with Crippen LogP contribution in [0.5, 0.6) is 0 Å². The molecular weight excluding hydrogens is 762 g/mol. The lowest BCUT2D eigenvalue weighted by molar-refractivity contribution is -0.929. The Bertz CT molecular complexity index is 626. The summed E-state index contributed by atoms with van der Waals surface area (Å²) in [5.41, 5.74) is 0. The standard InChI is InChI=1S/C60H124N.Al.4H/c1-5-9-13-17-21-25-29-33-37-41-45-49-53-57-61(58-54-50-46-42-38-34-30-26-22-18-14-10-6-2,59-55-51-47-43-39-35-31-27-23-19-15-11-7-3)60-56-52-48-44-40-36-32-28-24-20-16-12-8-4;;;;;/h5-60H2,1-4H3;;;;;/q+1;-1;;;;. The quantitative estimate of drug-likeness (QED) is 0.0324. The molecule has 0 bridgehead atoms. The Morgan fingerprint density at radius 3 is 0.355 bits per heavy atom. The van der Waals surface area contributed by atoms with Gasteiger partial charge in [-0.1, -0.05) is 310 Å². The third-order valence-corrected chi connectivity index (χ3v) is 14.9. The van der Waals surface area contributed by atoms with Crippen molar-refractivity contribution in [2.45, 2.75) is 362 Å². The molecule has 0 rings (SSSR count). The maximum Gasteiger partial charge on any atom is 0.0786 e. The van der Waals surface area contributed by atoms with E-state index in [2.05, 4.69) is 27.7 Å². The van der Waals surface area contributed by atoms with Crippen LogP contribution in [0, 0.1) is 0 Å². The molecule has 0 radical (unpaired) electrons. The first-order valence-corrected chi connectivity index (χ1v) is 30.1. The van der Waals surface area contributed by atoms with Crippen molar-refractivity contribution in [3.05, 3.63) is 0 Å². The summed E-state index contributed by atoms with van der Waals surface area (Å²) >= 11 is 0. The zero-order chi connectivity index (χ0) is 44.1. The number of hydrogen-bond donors (Lipinski definition) is 0. The SMILES string of the molecule is CCCCCCCCCCCCCCC[N+](CCCCCCCCCCCCCCC)(CCCCCCCCCCCCCCC)CCCCCCCCCCCCCCC.[AlH4-]. The smallest absolute Gasteiger partial charge is 0.0786 e. The van der Waals surface area contributed by atoms with Gasteiger partial charge in [0.15, 0.2) is 0 Å². The Kier molecular flexibility index (Phi) is 60.0. The topological polar surface area (TPSA) is 0 Å². The van der Waals surface area contributed by atoms with E-state index in [-0.39, 0.29) is 17.4 Å². The van der Waals surface area contributed by atoms with Gasteiger partial charge in [-0.05, 0) is 51.4 Å². The Morgan fingerprint density at radius 2 is 0.242 bits per heavy atom. The van der Waals surface area contributed by atoms with Crippen molar-refractivity contribution in [3.63, 3.8) is 0 Å². The van der Waals surface area contributed by atoms with Crippen LogP contribution < -0.4 is 0 Å². The molecule has 0 aliphatic carbocycles. The van der Waals surface area contributed by atoms with Crippen LogP contribution in [0.2, 0.25) is 0 Å². The third kappa shape index (κ3) is 51.5. The van der Waals surface area contributed by atoms with Gasteiger partial charge in [0.25, 0.3) is 0 Å². The minimum absolute atomic E-state index is 0. The lowest BCUT2D eigenvalue weighted by atomic mass is 10.0. The summed E-state index contributed by atoms with van der Waals surface area (Å²) < 4.78 is 1.49. The summed E-state index contributed by atoms with van der Waals surface area (Å²) in [6, 6.07) is 0. The van der Waals surface area contributed by atoms with Crippen molar-refractivity contribution in [2.75, 3.05) is 26.2 Å². The van der Waals surface area contributed by atoms with Gasteiger partial charge in [0.05, 0.1) is 26.2 Å². The molecule has 0 unspecified atom stereocenters. The van der Waals surface area contributed by atoms with Crippen molar-refractivity contribution in [2.24, 2.45) is 0 Å². The molecular formula is C60H128AlN. The highest BCUT2D eigenvalue weighted by molar-refractivity contribution is 5.75. The van der Waals surface area contributed by atoms with E-state index in [0.717, 1.165) is 0 Å². The first kappa shape index (κ1) is 64.6. The summed E-state index contributed by atoms with van der Waals surface area (Å²) in [5, 5.41) is 0. The normalized spacial score (nSPS) is 11.8. The van der Waals surface area contributed by atoms with Crippen LogP contribution in [0.4, 0.5) is 0 Å². The fourth-order valence-corrected chi connectivity index (χ4v) is 10.5. The monoisotopic (exact) mass is 890 g/mol. The maximum atomic E-state index is 2.33. The molecule has 0 aromatic rings. The number of rotatable bonds is 56. The van der Waals surface area contributed by atoms with E-state index < -0.39 is 0 Å². The molecule has 1 nitrogen and oxygen atoms in total. The molecule has 0 aliphatic rings. The van der Waals surface area contributed by atoms with Crippen LogP contribution in [-0.2, 0) is 0 Å². The molecule has 0 fully saturated rings. The molecule has 0 saturated carbocycles. The maximum absolute atomic E-state index is 2.33.